The molecule has 0 bridgehead atoms. The van der Waals surface area contributed by atoms with Crippen LogP contribution < -0.4 is 0 Å². The van der Waals surface area contributed by atoms with E-state index in [1.165, 1.54) is 0 Å². The molecule has 82 valence electrons. The van der Waals surface area contributed by atoms with Crippen molar-refractivity contribution in [3.05, 3.63) is 11.8 Å². The zero-order valence-electron chi connectivity index (χ0n) is 10.3. The normalized spacial score (nSPS) is 12.9. The number of carbonyl (C=O) groups excluding carboxylic acids is 1. The summed E-state index contributed by atoms with van der Waals surface area (Å²) >= 11 is 0. The van der Waals surface area contributed by atoms with Gasteiger partial charge in [0.15, 0.2) is 0 Å². The first-order valence-corrected chi connectivity index (χ1v) is 5.25. The number of hydrogen-bond donors (Lipinski definition) is 0. The lowest BCUT2D eigenvalue weighted by atomic mass is 9.91. The SMILES string of the molecule is CC=C(C)N(CC)C(=O)CC(C)(C)C. The molecule has 0 aliphatic carbocycles. The minimum absolute atomic E-state index is 0.0680. The monoisotopic (exact) mass is 197 g/mol. The van der Waals surface area contributed by atoms with E-state index in [1.807, 2.05) is 31.7 Å². The lowest BCUT2D eigenvalue weighted by Gasteiger charge is -2.26. The molecule has 0 N–H and O–H groups in total. The summed E-state index contributed by atoms with van der Waals surface area (Å²) in [6.07, 6.45) is 2.58. The third-order valence-corrected chi connectivity index (χ3v) is 2.14. The predicted octanol–water partition coefficient (Wildman–Crippen LogP) is 3.19. The van der Waals surface area contributed by atoms with Gasteiger partial charge in [-0.2, -0.15) is 0 Å². The predicted molar refractivity (Wildman–Crippen MR) is 60.9 cm³/mol. The second-order valence-electron chi connectivity index (χ2n) is 4.81. The Morgan fingerprint density at radius 1 is 1.36 bits per heavy atom. The van der Waals surface area contributed by atoms with E-state index in [-0.39, 0.29) is 11.3 Å². The summed E-state index contributed by atoms with van der Waals surface area (Å²) in [7, 11) is 0. The lowest BCUT2D eigenvalue weighted by molar-refractivity contribution is -0.130. The first kappa shape index (κ1) is 13.2. The van der Waals surface area contributed by atoms with Crippen LogP contribution in [-0.4, -0.2) is 17.4 Å². The molecule has 0 radical (unpaired) electrons. The van der Waals surface area contributed by atoms with Gasteiger partial charge in [0.2, 0.25) is 5.91 Å². The van der Waals surface area contributed by atoms with Gasteiger partial charge in [-0.1, -0.05) is 26.8 Å². The van der Waals surface area contributed by atoms with Crippen LogP contribution in [-0.2, 0) is 4.79 Å². The van der Waals surface area contributed by atoms with E-state index in [1.54, 1.807) is 0 Å². The Hall–Kier alpha value is -0.790. The minimum atomic E-state index is 0.0680. The highest BCUT2D eigenvalue weighted by Gasteiger charge is 2.20. The molecule has 0 aliphatic heterocycles. The van der Waals surface area contributed by atoms with E-state index in [4.69, 9.17) is 0 Å². The van der Waals surface area contributed by atoms with Gasteiger partial charge in [-0.3, -0.25) is 4.79 Å². The molecule has 0 aromatic carbocycles. The second-order valence-corrected chi connectivity index (χ2v) is 4.81. The molecule has 0 saturated heterocycles. The molecular formula is C12H23NO. The number of carbonyl (C=O) groups is 1. The number of hydrogen-bond acceptors (Lipinski definition) is 1. The summed E-state index contributed by atoms with van der Waals surface area (Å²) in [5.74, 6) is 0.218. The van der Waals surface area contributed by atoms with Crippen molar-refractivity contribution in [3.8, 4) is 0 Å². The highest BCUT2D eigenvalue weighted by atomic mass is 16.2. The van der Waals surface area contributed by atoms with Crippen LogP contribution in [0.3, 0.4) is 0 Å². The fourth-order valence-electron chi connectivity index (χ4n) is 1.33. The van der Waals surface area contributed by atoms with Crippen LogP contribution in [0.2, 0.25) is 0 Å². The topological polar surface area (TPSA) is 20.3 Å². The maximum atomic E-state index is 11.9. The van der Waals surface area contributed by atoms with Gasteiger partial charge >= 0.3 is 0 Å². The Labute approximate surface area is 88.0 Å². The van der Waals surface area contributed by atoms with Gasteiger partial charge in [-0.05, 0) is 26.2 Å². The molecule has 0 heterocycles. The number of amides is 1. The van der Waals surface area contributed by atoms with Crippen molar-refractivity contribution in [1.82, 2.24) is 4.90 Å². The van der Waals surface area contributed by atoms with Gasteiger partial charge < -0.3 is 4.90 Å². The lowest BCUT2D eigenvalue weighted by Crippen LogP contribution is -2.31. The van der Waals surface area contributed by atoms with Crippen LogP contribution >= 0.6 is 0 Å². The van der Waals surface area contributed by atoms with Gasteiger partial charge in [0, 0.05) is 18.7 Å². The molecule has 0 atom stereocenters. The molecule has 1 amide bonds. The molecule has 0 spiro atoms. The highest BCUT2D eigenvalue weighted by Crippen LogP contribution is 2.21. The van der Waals surface area contributed by atoms with Crippen molar-refractivity contribution in [1.29, 1.82) is 0 Å². The van der Waals surface area contributed by atoms with E-state index in [0.29, 0.717) is 6.42 Å². The Morgan fingerprint density at radius 2 is 1.86 bits per heavy atom. The van der Waals surface area contributed by atoms with Crippen LogP contribution in [0.15, 0.2) is 11.8 Å². The van der Waals surface area contributed by atoms with E-state index in [2.05, 4.69) is 20.8 Å². The van der Waals surface area contributed by atoms with Gasteiger partial charge in [0.25, 0.3) is 0 Å². The van der Waals surface area contributed by atoms with Crippen molar-refractivity contribution in [2.45, 2.75) is 48.0 Å². The fraction of sp³-hybridized carbons (Fsp3) is 0.750. The van der Waals surface area contributed by atoms with E-state index in [0.717, 1.165) is 12.2 Å². The van der Waals surface area contributed by atoms with E-state index >= 15 is 0 Å². The third kappa shape index (κ3) is 4.45. The summed E-state index contributed by atoms with van der Waals surface area (Å²) in [5, 5.41) is 0. The highest BCUT2D eigenvalue weighted by molar-refractivity contribution is 5.78. The molecule has 0 unspecified atom stereocenters. The summed E-state index contributed by atoms with van der Waals surface area (Å²) in [6, 6.07) is 0. The maximum Gasteiger partial charge on any atom is 0.227 e. The average molecular weight is 197 g/mol. The molecule has 0 fully saturated rings. The Morgan fingerprint density at radius 3 is 2.14 bits per heavy atom. The molecule has 2 nitrogen and oxygen atoms in total. The number of nitrogens with zero attached hydrogens (tertiary/aromatic N) is 1. The number of rotatable bonds is 3. The Kier molecular flexibility index (Phi) is 4.89. The van der Waals surface area contributed by atoms with Crippen LogP contribution in [0, 0.1) is 5.41 Å². The summed E-state index contributed by atoms with van der Waals surface area (Å²) in [5.41, 5.74) is 1.11. The van der Waals surface area contributed by atoms with Gasteiger partial charge in [-0.25, -0.2) is 0 Å². The number of allylic oxidation sites excluding steroid dienone is 2. The van der Waals surface area contributed by atoms with E-state index < -0.39 is 0 Å². The van der Waals surface area contributed by atoms with Crippen LogP contribution in [0.25, 0.3) is 0 Å². The molecule has 0 aromatic heterocycles. The van der Waals surface area contributed by atoms with Crippen molar-refractivity contribution in [3.63, 3.8) is 0 Å². The standard InChI is InChI=1S/C12H23NO/c1-7-10(3)13(8-2)11(14)9-12(4,5)6/h7H,8-9H2,1-6H3. The maximum absolute atomic E-state index is 11.9. The van der Waals surface area contributed by atoms with E-state index in [9.17, 15) is 4.79 Å². The van der Waals surface area contributed by atoms with Crippen LogP contribution in [0.4, 0.5) is 0 Å². The molecule has 0 saturated carbocycles. The summed E-state index contributed by atoms with van der Waals surface area (Å²) in [4.78, 5) is 13.7. The summed E-state index contributed by atoms with van der Waals surface area (Å²) < 4.78 is 0. The van der Waals surface area contributed by atoms with Gasteiger partial charge in [0.1, 0.15) is 0 Å². The zero-order chi connectivity index (χ0) is 11.4. The molecular weight excluding hydrogens is 174 g/mol. The Bertz CT molecular complexity index is 223. The first-order chi connectivity index (χ1) is 6.31. The zero-order valence-corrected chi connectivity index (χ0v) is 10.3. The van der Waals surface area contributed by atoms with Crippen molar-refractivity contribution < 1.29 is 4.79 Å². The van der Waals surface area contributed by atoms with Gasteiger partial charge in [0.05, 0.1) is 0 Å². The first-order valence-electron chi connectivity index (χ1n) is 5.25. The molecule has 14 heavy (non-hydrogen) atoms. The van der Waals surface area contributed by atoms with Crippen LogP contribution in [0.5, 0.6) is 0 Å². The Balaban J connectivity index is 4.49. The average Bonchev–Trinajstić information content (AvgIpc) is 2.01. The van der Waals surface area contributed by atoms with Crippen molar-refractivity contribution in [2.75, 3.05) is 6.54 Å². The van der Waals surface area contributed by atoms with Crippen molar-refractivity contribution >= 4 is 5.91 Å². The van der Waals surface area contributed by atoms with Gasteiger partial charge in [-0.15, -0.1) is 0 Å². The third-order valence-electron chi connectivity index (χ3n) is 2.14. The largest absolute Gasteiger partial charge is 0.317 e. The minimum Gasteiger partial charge on any atom is -0.317 e. The van der Waals surface area contributed by atoms with Crippen LogP contribution in [0.1, 0.15) is 48.0 Å². The molecule has 0 rings (SSSR count). The molecule has 0 aromatic rings. The molecule has 0 aliphatic rings. The quantitative estimate of drug-likeness (QED) is 0.680. The van der Waals surface area contributed by atoms with Crippen molar-refractivity contribution in [2.24, 2.45) is 5.41 Å². The smallest absolute Gasteiger partial charge is 0.227 e. The fourth-order valence-corrected chi connectivity index (χ4v) is 1.33. The summed E-state index contributed by atoms with van der Waals surface area (Å²) in [6.45, 7) is 13.0. The molecule has 2 heteroatoms. The second kappa shape index (κ2) is 5.18.